The zero-order valence-electron chi connectivity index (χ0n) is 12.2. The van der Waals surface area contributed by atoms with Crippen molar-refractivity contribution in [3.05, 3.63) is 0 Å². The Morgan fingerprint density at radius 3 is 2.16 bits per heavy atom. The molecule has 1 atom stereocenters. The lowest BCUT2D eigenvalue weighted by atomic mass is 10.2. The molecule has 0 aromatic rings. The van der Waals surface area contributed by atoms with Gasteiger partial charge in [-0.25, -0.2) is 4.99 Å². The zero-order valence-corrected chi connectivity index (χ0v) is 12.2. The van der Waals surface area contributed by atoms with E-state index in [-0.39, 0.29) is 6.04 Å². The Morgan fingerprint density at radius 1 is 0.947 bits per heavy atom. The topological polar surface area (TPSA) is 55.9 Å². The van der Waals surface area contributed by atoms with Crippen LogP contribution in [-0.4, -0.2) is 66.0 Å². The van der Waals surface area contributed by atoms with Gasteiger partial charge in [-0.3, -0.25) is 4.99 Å². The highest BCUT2D eigenvalue weighted by Gasteiger charge is 2.32. The summed E-state index contributed by atoms with van der Waals surface area (Å²) in [4.78, 5) is 22.3. The van der Waals surface area contributed by atoms with Crippen molar-refractivity contribution in [2.24, 2.45) is 20.0 Å². The molecular weight excluding hydrogens is 240 g/mol. The molecule has 2 aliphatic rings. The molecule has 6 nitrogen and oxygen atoms in total. The number of aliphatic imine (C=N–C) groups is 4. The number of amidine groups is 2. The second kappa shape index (κ2) is 5.95. The van der Waals surface area contributed by atoms with Crippen LogP contribution in [0.2, 0.25) is 0 Å². The second-order valence-electron chi connectivity index (χ2n) is 4.38. The molecule has 19 heavy (non-hydrogen) atoms. The predicted molar refractivity (Wildman–Crippen MR) is 80.4 cm³/mol. The summed E-state index contributed by atoms with van der Waals surface area (Å²) in [7, 11) is 0. The van der Waals surface area contributed by atoms with E-state index in [0.717, 1.165) is 43.8 Å². The SMILES string of the molecule is CCN(CC)C1=NC2=NC=NC2C(N(CC)CC)=N1. The van der Waals surface area contributed by atoms with Crippen LogP contribution in [0.3, 0.4) is 0 Å². The standard InChI is InChI=1S/C13H22N6/c1-5-18(6-2)12-10-11(15-9-14-10)16-13(17-12)19(7-3)8-4/h9-10H,5-8H2,1-4H3. The van der Waals surface area contributed by atoms with E-state index in [9.17, 15) is 0 Å². The first kappa shape index (κ1) is 13.7. The maximum Gasteiger partial charge on any atom is 0.228 e. The van der Waals surface area contributed by atoms with Crippen LogP contribution in [0.25, 0.3) is 0 Å². The Hall–Kier alpha value is -1.72. The Morgan fingerprint density at radius 2 is 1.58 bits per heavy atom. The van der Waals surface area contributed by atoms with Gasteiger partial charge in [-0.2, -0.15) is 9.98 Å². The predicted octanol–water partition coefficient (Wildman–Crippen LogP) is 1.25. The van der Waals surface area contributed by atoms with Gasteiger partial charge < -0.3 is 9.80 Å². The van der Waals surface area contributed by atoms with E-state index in [4.69, 9.17) is 4.99 Å². The van der Waals surface area contributed by atoms with Gasteiger partial charge in [0, 0.05) is 26.2 Å². The number of guanidine groups is 1. The fourth-order valence-corrected chi connectivity index (χ4v) is 2.30. The largest absolute Gasteiger partial charge is 0.358 e. The van der Waals surface area contributed by atoms with Gasteiger partial charge in [-0.15, -0.1) is 0 Å². The first-order chi connectivity index (χ1) is 9.24. The molecule has 0 bridgehead atoms. The van der Waals surface area contributed by atoms with Crippen molar-refractivity contribution >= 4 is 24.0 Å². The molecule has 0 saturated carbocycles. The van der Waals surface area contributed by atoms with Crippen LogP contribution in [0, 0.1) is 0 Å². The number of rotatable bonds is 4. The molecule has 2 rings (SSSR count). The summed E-state index contributed by atoms with van der Waals surface area (Å²) in [5, 5.41) is 0. The highest BCUT2D eigenvalue weighted by Crippen LogP contribution is 2.15. The zero-order chi connectivity index (χ0) is 13.8. The monoisotopic (exact) mass is 262 g/mol. The maximum atomic E-state index is 4.73. The van der Waals surface area contributed by atoms with Gasteiger partial charge >= 0.3 is 0 Å². The first-order valence-corrected chi connectivity index (χ1v) is 7.01. The summed E-state index contributed by atoms with van der Waals surface area (Å²) in [6.45, 7) is 12.1. The third-order valence-electron chi connectivity index (χ3n) is 3.46. The van der Waals surface area contributed by atoms with Crippen molar-refractivity contribution < 1.29 is 0 Å². The van der Waals surface area contributed by atoms with Crippen molar-refractivity contribution in [2.45, 2.75) is 33.7 Å². The van der Waals surface area contributed by atoms with E-state index < -0.39 is 0 Å². The van der Waals surface area contributed by atoms with E-state index in [1.807, 2.05) is 0 Å². The van der Waals surface area contributed by atoms with Crippen molar-refractivity contribution in [3.8, 4) is 0 Å². The Balaban J connectivity index is 2.36. The van der Waals surface area contributed by atoms with Crippen LogP contribution in [0.4, 0.5) is 0 Å². The Labute approximate surface area is 114 Å². The normalized spacial score (nSPS) is 20.6. The third-order valence-corrected chi connectivity index (χ3v) is 3.46. The number of fused-ring (bicyclic) bond motifs is 1. The summed E-state index contributed by atoms with van der Waals surface area (Å²) in [6.07, 6.45) is 1.59. The van der Waals surface area contributed by atoms with Gasteiger partial charge in [0.15, 0.2) is 11.9 Å². The minimum atomic E-state index is -0.112. The molecule has 104 valence electrons. The van der Waals surface area contributed by atoms with Crippen LogP contribution < -0.4 is 0 Å². The molecule has 0 saturated heterocycles. The van der Waals surface area contributed by atoms with E-state index in [2.05, 4.69) is 52.5 Å². The van der Waals surface area contributed by atoms with Crippen LogP contribution in [-0.2, 0) is 0 Å². The molecule has 2 aliphatic heterocycles. The van der Waals surface area contributed by atoms with Crippen molar-refractivity contribution in [2.75, 3.05) is 26.2 Å². The fraction of sp³-hybridized carbons (Fsp3) is 0.692. The lowest BCUT2D eigenvalue weighted by molar-refractivity contribution is 0.442. The molecule has 0 aromatic heterocycles. The highest BCUT2D eigenvalue weighted by molar-refractivity contribution is 6.22. The van der Waals surface area contributed by atoms with Crippen molar-refractivity contribution in [1.29, 1.82) is 0 Å². The number of hydrogen-bond donors (Lipinski definition) is 0. The Kier molecular flexibility index (Phi) is 4.29. The van der Waals surface area contributed by atoms with Gasteiger partial charge in [0.1, 0.15) is 12.2 Å². The van der Waals surface area contributed by atoms with Crippen molar-refractivity contribution in [1.82, 2.24) is 9.80 Å². The van der Waals surface area contributed by atoms with E-state index in [0.29, 0.717) is 0 Å². The second-order valence-corrected chi connectivity index (χ2v) is 4.38. The summed E-state index contributed by atoms with van der Waals surface area (Å²) in [6, 6.07) is -0.112. The minimum absolute atomic E-state index is 0.112. The molecule has 0 spiro atoms. The first-order valence-electron chi connectivity index (χ1n) is 7.01. The molecule has 0 amide bonds. The summed E-state index contributed by atoms with van der Waals surface area (Å²) in [5.74, 6) is 2.49. The lowest BCUT2D eigenvalue weighted by Gasteiger charge is -2.30. The molecule has 6 heteroatoms. The van der Waals surface area contributed by atoms with Gasteiger partial charge in [0.2, 0.25) is 5.96 Å². The molecular formula is C13H22N6. The molecule has 0 aliphatic carbocycles. The van der Waals surface area contributed by atoms with Gasteiger partial charge in [0.05, 0.1) is 0 Å². The number of hydrogen-bond acceptors (Lipinski definition) is 6. The van der Waals surface area contributed by atoms with Crippen molar-refractivity contribution in [3.63, 3.8) is 0 Å². The average molecular weight is 262 g/mol. The molecule has 0 radical (unpaired) electrons. The number of nitrogens with zero attached hydrogens (tertiary/aromatic N) is 6. The Bertz CT molecular complexity index is 440. The number of likely N-dealkylation sites (N-methyl/N-ethyl adjacent to an activating group) is 1. The molecule has 0 fully saturated rings. The minimum Gasteiger partial charge on any atom is -0.358 e. The van der Waals surface area contributed by atoms with E-state index in [1.54, 1.807) is 6.34 Å². The molecule has 1 unspecified atom stereocenters. The fourth-order valence-electron chi connectivity index (χ4n) is 2.30. The summed E-state index contributed by atoms with van der Waals surface area (Å²) in [5.41, 5.74) is 0. The highest BCUT2D eigenvalue weighted by atomic mass is 15.3. The van der Waals surface area contributed by atoms with Crippen LogP contribution >= 0.6 is 0 Å². The van der Waals surface area contributed by atoms with E-state index >= 15 is 0 Å². The maximum absolute atomic E-state index is 4.73. The van der Waals surface area contributed by atoms with Crippen LogP contribution in [0.1, 0.15) is 27.7 Å². The smallest absolute Gasteiger partial charge is 0.228 e. The average Bonchev–Trinajstić information content (AvgIpc) is 2.90. The van der Waals surface area contributed by atoms with Gasteiger partial charge in [-0.1, -0.05) is 0 Å². The summed E-state index contributed by atoms with van der Waals surface area (Å²) >= 11 is 0. The van der Waals surface area contributed by atoms with Gasteiger partial charge in [0.25, 0.3) is 0 Å². The molecule has 2 heterocycles. The quantitative estimate of drug-likeness (QED) is 0.765. The summed E-state index contributed by atoms with van der Waals surface area (Å²) < 4.78 is 0. The molecule has 0 N–H and O–H groups in total. The third kappa shape index (κ3) is 2.52. The van der Waals surface area contributed by atoms with Crippen LogP contribution in [0.5, 0.6) is 0 Å². The lowest BCUT2D eigenvalue weighted by Crippen LogP contribution is -2.46. The van der Waals surface area contributed by atoms with Gasteiger partial charge in [-0.05, 0) is 27.7 Å². The molecule has 0 aromatic carbocycles. The van der Waals surface area contributed by atoms with Crippen LogP contribution in [0.15, 0.2) is 20.0 Å². The van der Waals surface area contributed by atoms with E-state index in [1.165, 1.54) is 0 Å².